The minimum Gasteiger partial charge on any atom is -0.384 e. The summed E-state index contributed by atoms with van der Waals surface area (Å²) in [6.07, 6.45) is 0.954. The lowest BCUT2D eigenvalue weighted by Gasteiger charge is -2.17. The molecular formula is C24H23Cl2N3O3S. The summed E-state index contributed by atoms with van der Waals surface area (Å²) >= 11 is 12.3. The molecule has 0 saturated carbocycles. The summed E-state index contributed by atoms with van der Waals surface area (Å²) in [5, 5.41) is 9.57. The lowest BCUT2D eigenvalue weighted by molar-refractivity contribution is 0.249. The molecule has 1 atom stereocenters. The van der Waals surface area contributed by atoms with Crippen molar-refractivity contribution in [1.29, 1.82) is 0 Å². The Morgan fingerprint density at radius 1 is 1.09 bits per heavy atom. The highest BCUT2D eigenvalue weighted by atomic mass is 35.5. The number of benzene rings is 3. The van der Waals surface area contributed by atoms with Crippen molar-refractivity contribution in [2.75, 3.05) is 17.2 Å². The lowest BCUT2D eigenvalue weighted by atomic mass is 10.1. The van der Waals surface area contributed by atoms with Crippen molar-refractivity contribution in [2.24, 2.45) is 0 Å². The highest BCUT2D eigenvalue weighted by Crippen LogP contribution is 2.30. The summed E-state index contributed by atoms with van der Waals surface area (Å²) in [5.74, 6) is -0.0901. The molecule has 0 saturated heterocycles. The topological polar surface area (TPSA) is 87.3 Å². The number of sulfone groups is 1. The number of hydrogen-bond donors (Lipinski definition) is 3. The van der Waals surface area contributed by atoms with E-state index in [1.165, 1.54) is 17.7 Å². The van der Waals surface area contributed by atoms with Crippen molar-refractivity contribution in [3.63, 3.8) is 0 Å². The van der Waals surface area contributed by atoms with Gasteiger partial charge in [0.25, 0.3) is 0 Å². The standard InChI is InChI=1S/C24H23Cl2N3O3S/c1-15(20-3-2-4-21(25)23(20)26)28-24(30)29-18-7-9-19(10-8-18)33(31,32)14-16-5-6-17-11-12-27-22(17)13-16/h2-10,13,15,27H,11-12,14H2,1H3,(H2,28,29,30). The number of urea groups is 1. The van der Waals surface area contributed by atoms with E-state index < -0.39 is 15.9 Å². The van der Waals surface area contributed by atoms with Gasteiger partial charge in [-0.2, -0.15) is 0 Å². The van der Waals surface area contributed by atoms with E-state index in [0.717, 1.165) is 24.2 Å². The molecule has 1 aliphatic heterocycles. The van der Waals surface area contributed by atoms with E-state index in [2.05, 4.69) is 16.0 Å². The number of nitrogens with one attached hydrogen (secondary N) is 3. The zero-order valence-corrected chi connectivity index (χ0v) is 20.2. The Bertz CT molecular complexity index is 1290. The summed E-state index contributed by atoms with van der Waals surface area (Å²) < 4.78 is 25.7. The van der Waals surface area contributed by atoms with Gasteiger partial charge in [-0.15, -0.1) is 0 Å². The fraction of sp³-hybridized carbons (Fsp3) is 0.208. The summed E-state index contributed by atoms with van der Waals surface area (Å²) in [4.78, 5) is 12.6. The summed E-state index contributed by atoms with van der Waals surface area (Å²) in [5.41, 5.74) is 4.11. The maximum absolute atomic E-state index is 12.9. The predicted molar refractivity (Wildman–Crippen MR) is 133 cm³/mol. The first-order chi connectivity index (χ1) is 15.7. The smallest absolute Gasteiger partial charge is 0.319 e. The van der Waals surface area contributed by atoms with Gasteiger partial charge in [-0.25, -0.2) is 13.2 Å². The molecule has 0 aliphatic carbocycles. The Morgan fingerprint density at radius 2 is 1.85 bits per heavy atom. The fourth-order valence-corrected chi connectivity index (χ4v) is 5.58. The third kappa shape index (κ3) is 5.43. The van der Waals surface area contributed by atoms with Crippen LogP contribution in [-0.4, -0.2) is 21.0 Å². The number of rotatable bonds is 6. The van der Waals surface area contributed by atoms with Gasteiger partial charge in [0.1, 0.15) is 0 Å². The summed E-state index contributed by atoms with van der Waals surface area (Å²) in [6.45, 7) is 2.67. The normalized spacial score (nSPS) is 13.7. The van der Waals surface area contributed by atoms with E-state index in [1.807, 2.05) is 18.2 Å². The number of carbonyl (C=O) groups is 1. The summed E-state index contributed by atoms with van der Waals surface area (Å²) in [6, 6.07) is 16.2. The van der Waals surface area contributed by atoms with Crippen LogP contribution in [0, 0.1) is 0 Å². The van der Waals surface area contributed by atoms with Gasteiger partial charge >= 0.3 is 6.03 Å². The molecule has 3 N–H and O–H groups in total. The zero-order chi connectivity index (χ0) is 23.6. The van der Waals surface area contributed by atoms with Crippen LogP contribution in [-0.2, 0) is 22.0 Å². The second kappa shape index (κ2) is 9.63. The Kier molecular flexibility index (Phi) is 6.83. The minimum atomic E-state index is -3.52. The van der Waals surface area contributed by atoms with Gasteiger partial charge in [-0.1, -0.05) is 47.5 Å². The van der Waals surface area contributed by atoms with E-state index in [1.54, 1.807) is 37.3 Å². The van der Waals surface area contributed by atoms with E-state index in [9.17, 15) is 13.2 Å². The minimum absolute atomic E-state index is 0.0901. The van der Waals surface area contributed by atoms with Gasteiger partial charge in [0.2, 0.25) is 0 Å². The number of carbonyl (C=O) groups excluding carboxylic acids is 1. The van der Waals surface area contributed by atoms with E-state index >= 15 is 0 Å². The first-order valence-electron chi connectivity index (χ1n) is 10.4. The first kappa shape index (κ1) is 23.4. The third-order valence-electron chi connectivity index (χ3n) is 5.51. The van der Waals surface area contributed by atoms with Crippen LogP contribution in [0.1, 0.15) is 29.7 Å². The lowest BCUT2D eigenvalue weighted by Crippen LogP contribution is -2.31. The Morgan fingerprint density at radius 3 is 2.61 bits per heavy atom. The van der Waals surface area contributed by atoms with E-state index in [4.69, 9.17) is 23.2 Å². The third-order valence-corrected chi connectivity index (χ3v) is 8.04. The Hall–Kier alpha value is -2.74. The average molecular weight is 504 g/mol. The maximum Gasteiger partial charge on any atom is 0.319 e. The molecule has 3 aromatic carbocycles. The molecule has 33 heavy (non-hydrogen) atoms. The predicted octanol–water partition coefficient (Wildman–Crippen LogP) is 5.82. The molecule has 2 amide bonds. The molecule has 1 aliphatic rings. The monoisotopic (exact) mass is 503 g/mol. The van der Waals surface area contributed by atoms with Crippen LogP contribution in [0.3, 0.4) is 0 Å². The van der Waals surface area contributed by atoms with E-state index in [-0.39, 0.29) is 16.7 Å². The molecule has 0 bridgehead atoms. The van der Waals surface area contributed by atoms with Gasteiger partial charge in [-0.05, 0) is 66.4 Å². The van der Waals surface area contributed by atoms with Crippen LogP contribution in [0.2, 0.25) is 10.0 Å². The molecule has 1 unspecified atom stereocenters. The van der Waals surface area contributed by atoms with Gasteiger partial charge in [0.05, 0.1) is 26.7 Å². The van der Waals surface area contributed by atoms with E-state index in [0.29, 0.717) is 21.3 Å². The highest BCUT2D eigenvalue weighted by molar-refractivity contribution is 7.90. The van der Waals surface area contributed by atoms with Gasteiger partial charge in [0, 0.05) is 17.9 Å². The number of halogens is 2. The molecule has 4 rings (SSSR count). The molecule has 9 heteroatoms. The van der Waals surface area contributed by atoms with Gasteiger partial charge < -0.3 is 16.0 Å². The molecule has 6 nitrogen and oxygen atoms in total. The van der Waals surface area contributed by atoms with Crippen LogP contribution in [0.5, 0.6) is 0 Å². The van der Waals surface area contributed by atoms with Gasteiger partial charge in [-0.3, -0.25) is 0 Å². The fourth-order valence-electron chi connectivity index (χ4n) is 3.77. The second-order valence-electron chi connectivity index (χ2n) is 7.91. The molecule has 3 aromatic rings. The Balaban J connectivity index is 1.39. The maximum atomic E-state index is 12.9. The van der Waals surface area contributed by atoms with Crippen molar-refractivity contribution in [3.05, 3.63) is 87.4 Å². The number of fused-ring (bicyclic) bond motifs is 1. The molecule has 0 radical (unpaired) electrons. The quantitative estimate of drug-likeness (QED) is 0.395. The highest BCUT2D eigenvalue weighted by Gasteiger charge is 2.18. The van der Waals surface area contributed by atoms with Crippen LogP contribution < -0.4 is 16.0 Å². The van der Waals surface area contributed by atoms with Crippen LogP contribution in [0.15, 0.2) is 65.6 Å². The van der Waals surface area contributed by atoms with Crippen molar-refractivity contribution in [1.82, 2.24) is 5.32 Å². The van der Waals surface area contributed by atoms with Crippen molar-refractivity contribution in [2.45, 2.75) is 30.0 Å². The molecule has 0 fully saturated rings. The first-order valence-corrected chi connectivity index (χ1v) is 12.8. The van der Waals surface area contributed by atoms with Crippen molar-refractivity contribution >= 4 is 50.4 Å². The largest absolute Gasteiger partial charge is 0.384 e. The molecule has 172 valence electrons. The number of hydrogen-bond acceptors (Lipinski definition) is 4. The zero-order valence-electron chi connectivity index (χ0n) is 17.9. The van der Waals surface area contributed by atoms with Crippen LogP contribution in [0.4, 0.5) is 16.2 Å². The second-order valence-corrected chi connectivity index (χ2v) is 10.7. The van der Waals surface area contributed by atoms with Crippen molar-refractivity contribution in [3.8, 4) is 0 Å². The molecular weight excluding hydrogens is 481 g/mol. The molecule has 1 heterocycles. The molecule has 0 spiro atoms. The van der Waals surface area contributed by atoms with Gasteiger partial charge in [0.15, 0.2) is 9.84 Å². The van der Waals surface area contributed by atoms with Crippen LogP contribution in [0.25, 0.3) is 0 Å². The number of amides is 2. The molecule has 0 aromatic heterocycles. The summed E-state index contributed by atoms with van der Waals surface area (Å²) in [7, 11) is -3.52. The SMILES string of the molecule is CC(NC(=O)Nc1ccc(S(=O)(=O)Cc2ccc3c(c2)NCC3)cc1)c1cccc(Cl)c1Cl. The average Bonchev–Trinajstić information content (AvgIpc) is 3.23. The Labute approximate surface area is 203 Å². The number of anilines is 2. The van der Waals surface area contributed by atoms with Crippen molar-refractivity contribution < 1.29 is 13.2 Å². The van der Waals surface area contributed by atoms with Crippen LogP contribution >= 0.6 is 23.2 Å².